The van der Waals surface area contributed by atoms with Gasteiger partial charge < -0.3 is 19.3 Å². The number of carbonyl (C=O) groups is 2. The summed E-state index contributed by atoms with van der Waals surface area (Å²) in [6.45, 7) is 4.58. The quantitative estimate of drug-likeness (QED) is 0.800. The van der Waals surface area contributed by atoms with Gasteiger partial charge in [0.2, 0.25) is 11.8 Å². The van der Waals surface area contributed by atoms with Gasteiger partial charge in [0.25, 0.3) is 0 Å². The first kappa shape index (κ1) is 19.4. The predicted molar refractivity (Wildman–Crippen MR) is 105 cm³/mol. The van der Waals surface area contributed by atoms with Crippen molar-refractivity contribution in [1.82, 2.24) is 9.80 Å². The van der Waals surface area contributed by atoms with E-state index in [1.807, 2.05) is 42.2 Å². The van der Waals surface area contributed by atoms with Gasteiger partial charge in [-0.2, -0.15) is 0 Å². The molecule has 6 nitrogen and oxygen atoms in total. The predicted octanol–water partition coefficient (Wildman–Crippen LogP) is 2.36. The van der Waals surface area contributed by atoms with E-state index in [1.54, 1.807) is 4.90 Å². The van der Waals surface area contributed by atoms with Crippen molar-refractivity contribution in [3.63, 3.8) is 0 Å². The molecule has 0 unspecified atom stereocenters. The van der Waals surface area contributed by atoms with E-state index in [9.17, 15) is 9.59 Å². The molecular weight excluding hydrogens is 356 g/mol. The Balaban J connectivity index is 1.46. The van der Waals surface area contributed by atoms with Crippen molar-refractivity contribution < 1.29 is 19.1 Å². The Kier molecular flexibility index (Phi) is 5.69. The van der Waals surface area contributed by atoms with Gasteiger partial charge in [-0.15, -0.1) is 0 Å². The molecule has 2 amide bonds. The number of rotatable bonds is 3. The Hall–Kier alpha value is -1.92. The Morgan fingerprint density at radius 2 is 1.89 bits per heavy atom. The zero-order valence-corrected chi connectivity index (χ0v) is 16.6. The summed E-state index contributed by atoms with van der Waals surface area (Å²) in [7, 11) is 0. The standard InChI is InChI=1S/C22H30N2O4/c1-17-20(24(19(25)16-27-17)15-18-7-3-2-4-8-18)21(26)23-12-10-22(11-13-23)9-5-6-14-28-22/h2-4,7-8,17,20H,5-6,9-16H2,1H3/t17-,20+/m1/s1. The Morgan fingerprint density at radius 1 is 1.14 bits per heavy atom. The van der Waals surface area contributed by atoms with Gasteiger partial charge in [-0.1, -0.05) is 30.3 Å². The maximum absolute atomic E-state index is 13.4. The summed E-state index contributed by atoms with van der Waals surface area (Å²) in [5, 5.41) is 0. The number of hydrogen-bond acceptors (Lipinski definition) is 4. The van der Waals surface area contributed by atoms with Crippen molar-refractivity contribution in [3.8, 4) is 0 Å². The third kappa shape index (κ3) is 3.94. The summed E-state index contributed by atoms with van der Waals surface area (Å²) < 4.78 is 11.7. The first-order valence-corrected chi connectivity index (χ1v) is 10.5. The second-order valence-electron chi connectivity index (χ2n) is 8.28. The number of hydrogen-bond donors (Lipinski definition) is 0. The lowest BCUT2D eigenvalue weighted by Crippen LogP contribution is -2.61. The van der Waals surface area contributed by atoms with E-state index in [-0.39, 0.29) is 30.1 Å². The van der Waals surface area contributed by atoms with Crippen molar-refractivity contribution >= 4 is 11.8 Å². The summed E-state index contributed by atoms with van der Waals surface area (Å²) in [5.74, 6) is -0.119. The van der Waals surface area contributed by atoms with Crippen LogP contribution in [0.4, 0.5) is 0 Å². The molecule has 0 aromatic heterocycles. The van der Waals surface area contributed by atoms with Crippen LogP contribution in [0.1, 0.15) is 44.6 Å². The molecule has 2 atom stereocenters. The van der Waals surface area contributed by atoms with Crippen molar-refractivity contribution in [2.75, 3.05) is 26.3 Å². The Morgan fingerprint density at radius 3 is 2.57 bits per heavy atom. The lowest BCUT2D eigenvalue weighted by Gasteiger charge is -2.46. The fourth-order valence-electron chi connectivity index (χ4n) is 4.71. The molecule has 4 rings (SSSR count). The summed E-state index contributed by atoms with van der Waals surface area (Å²) in [4.78, 5) is 29.6. The average molecular weight is 386 g/mol. The molecule has 1 aromatic carbocycles. The Labute approximate surface area is 166 Å². The fourth-order valence-corrected chi connectivity index (χ4v) is 4.71. The highest BCUT2D eigenvalue weighted by Crippen LogP contribution is 2.35. The summed E-state index contributed by atoms with van der Waals surface area (Å²) >= 11 is 0. The minimum absolute atomic E-state index is 0.00198. The van der Waals surface area contributed by atoms with Gasteiger partial charge in [0.05, 0.1) is 11.7 Å². The van der Waals surface area contributed by atoms with Crippen molar-refractivity contribution in [3.05, 3.63) is 35.9 Å². The summed E-state index contributed by atoms with van der Waals surface area (Å²) in [6, 6.07) is 9.26. The number of nitrogens with zero attached hydrogens (tertiary/aromatic N) is 2. The van der Waals surface area contributed by atoms with E-state index < -0.39 is 6.04 Å². The second kappa shape index (κ2) is 8.21. The van der Waals surface area contributed by atoms with Crippen molar-refractivity contribution in [2.45, 2.75) is 63.3 Å². The largest absolute Gasteiger partial charge is 0.375 e. The molecule has 0 N–H and O–H groups in total. The highest BCUT2D eigenvalue weighted by atomic mass is 16.5. The van der Waals surface area contributed by atoms with Gasteiger partial charge in [0, 0.05) is 26.2 Å². The molecule has 152 valence electrons. The van der Waals surface area contributed by atoms with E-state index in [1.165, 1.54) is 6.42 Å². The molecule has 3 heterocycles. The fraction of sp³-hybridized carbons (Fsp3) is 0.636. The summed E-state index contributed by atoms with van der Waals surface area (Å²) in [6.07, 6.45) is 4.89. The van der Waals surface area contributed by atoms with Gasteiger partial charge >= 0.3 is 0 Å². The van der Waals surface area contributed by atoms with Gasteiger partial charge in [-0.3, -0.25) is 9.59 Å². The minimum Gasteiger partial charge on any atom is -0.375 e. The zero-order chi connectivity index (χ0) is 19.6. The molecule has 0 saturated carbocycles. The lowest BCUT2D eigenvalue weighted by atomic mass is 9.84. The zero-order valence-electron chi connectivity index (χ0n) is 16.6. The maximum atomic E-state index is 13.4. The molecule has 0 aliphatic carbocycles. The highest BCUT2D eigenvalue weighted by Gasteiger charge is 2.44. The second-order valence-corrected chi connectivity index (χ2v) is 8.28. The first-order chi connectivity index (χ1) is 13.6. The van der Waals surface area contributed by atoms with E-state index in [0.29, 0.717) is 19.6 Å². The third-order valence-corrected chi connectivity index (χ3v) is 6.44. The number of morpholine rings is 1. The molecule has 28 heavy (non-hydrogen) atoms. The maximum Gasteiger partial charge on any atom is 0.249 e. The van der Waals surface area contributed by atoms with Gasteiger partial charge in [-0.05, 0) is 44.6 Å². The molecular formula is C22H30N2O4. The Bertz CT molecular complexity index is 692. The number of ether oxygens (including phenoxy) is 2. The topological polar surface area (TPSA) is 59.1 Å². The third-order valence-electron chi connectivity index (χ3n) is 6.44. The van der Waals surface area contributed by atoms with Crippen LogP contribution in [-0.2, 0) is 25.6 Å². The number of benzene rings is 1. The molecule has 3 fully saturated rings. The number of amides is 2. The van der Waals surface area contributed by atoms with E-state index in [2.05, 4.69) is 0 Å². The number of piperidine rings is 1. The van der Waals surface area contributed by atoms with Crippen molar-refractivity contribution in [1.29, 1.82) is 0 Å². The van der Waals surface area contributed by atoms with Crippen LogP contribution < -0.4 is 0 Å². The minimum atomic E-state index is -0.567. The van der Waals surface area contributed by atoms with E-state index in [0.717, 1.165) is 37.9 Å². The molecule has 0 bridgehead atoms. The molecule has 3 aliphatic rings. The van der Waals surface area contributed by atoms with Crippen LogP contribution in [0.3, 0.4) is 0 Å². The highest BCUT2D eigenvalue weighted by molar-refractivity contribution is 5.89. The molecule has 3 aliphatic heterocycles. The SMILES string of the molecule is C[C@H]1OCC(=O)N(Cc2ccccc2)[C@@H]1C(=O)N1CCC2(CCCCO2)CC1. The van der Waals surface area contributed by atoms with Crippen molar-refractivity contribution in [2.24, 2.45) is 0 Å². The van der Waals surface area contributed by atoms with Gasteiger partial charge in [0.15, 0.2) is 0 Å². The molecule has 6 heteroatoms. The lowest BCUT2D eigenvalue weighted by molar-refractivity contribution is -0.171. The molecule has 1 spiro atoms. The average Bonchev–Trinajstić information content (AvgIpc) is 2.72. The van der Waals surface area contributed by atoms with Crippen LogP contribution in [0, 0.1) is 0 Å². The first-order valence-electron chi connectivity index (χ1n) is 10.5. The van der Waals surface area contributed by atoms with Gasteiger partial charge in [-0.25, -0.2) is 0 Å². The molecule has 3 saturated heterocycles. The summed E-state index contributed by atoms with van der Waals surface area (Å²) in [5.41, 5.74) is 0.986. The normalized spacial score (nSPS) is 27.8. The van der Waals surface area contributed by atoms with Crippen LogP contribution in [0.15, 0.2) is 30.3 Å². The van der Waals surface area contributed by atoms with Crippen LogP contribution in [0.2, 0.25) is 0 Å². The van der Waals surface area contributed by atoms with Crippen LogP contribution >= 0.6 is 0 Å². The van der Waals surface area contributed by atoms with Gasteiger partial charge in [0.1, 0.15) is 12.6 Å². The number of carbonyl (C=O) groups excluding carboxylic acids is 2. The van der Waals surface area contributed by atoms with Crippen LogP contribution in [0.25, 0.3) is 0 Å². The number of likely N-dealkylation sites (tertiary alicyclic amines) is 1. The van der Waals surface area contributed by atoms with Crippen LogP contribution in [-0.4, -0.2) is 65.7 Å². The van der Waals surface area contributed by atoms with E-state index >= 15 is 0 Å². The molecule has 1 aromatic rings. The monoisotopic (exact) mass is 386 g/mol. The molecule has 0 radical (unpaired) electrons. The smallest absolute Gasteiger partial charge is 0.249 e. The van der Waals surface area contributed by atoms with E-state index in [4.69, 9.17) is 9.47 Å². The van der Waals surface area contributed by atoms with Crippen LogP contribution in [0.5, 0.6) is 0 Å².